The Morgan fingerprint density at radius 1 is 1.44 bits per heavy atom. The molecule has 16 heavy (non-hydrogen) atoms. The van der Waals surface area contributed by atoms with E-state index in [0.29, 0.717) is 23.4 Å². The molecule has 0 spiro atoms. The fraction of sp³-hybridized carbons (Fsp3) is 0.417. The summed E-state index contributed by atoms with van der Waals surface area (Å²) in [6, 6.07) is 5.44. The Morgan fingerprint density at radius 3 is 2.81 bits per heavy atom. The van der Waals surface area contributed by atoms with Gasteiger partial charge in [0.05, 0.1) is 5.92 Å². The largest absolute Gasteiger partial charge is 0.440 e. The van der Waals surface area contributed by atoms with E-state index in [0.717, 1.165) is 11.1 Å². The van der Waals surface area contributed by atoms with Gasteiger partial charge in [-0.1, -0.05) is 25.4 Å². The zero-order valence-corrected chi connectivity index (χ0v) is 10.2. The summed E-state index contributed by atoms with van der Waals surface area (Å²) < 4.78 is 5.69. The predicted octanol–water partition coefficient (Wildman–Crippen LogP) is 3.18. The second-order valence-corrected chi connectivity index (χ2v) is 4.69. The second-order valence-electron chi connectivity index (χ2n) is 4.25. The van der Waals surface area contributed by atoms with Gasteiger partial charge >= 0.3 is 0 Å². The molecule has 2 N–H and O–H groups in total. The molecule has 0 aliphatic rings. The lowest BCUT2D eigenvalue weighted by Gasteiger charge is -2.13. The molecule has 4 heteroatoms. The summed E-state index contributed by atoms with van der Waals surface area (Å²) in [5.41, 5.74) is 7.29. The monoisotopic (exact) mass is 238 g/mol. The smallest absolute Gasteiger partial charge is 0.200 e. The van der Waals surface area contributed by atoms with E-state index in [9.17, 15) is 0 Å². The molecule has 1 unspecified atom stereocenters. The molecule has 3 nitrogen and oxygen atoms in total. The van der Waals surface area contributed by atoms with Gasteiger partial charge in [0.1, 0.15) is 5.52 Å². The highest BCUT2D eigenvalue weighted by molar-refractivity contribution is 6.31. The fourth-order valence-electron chi connectivity index (χ4n) is 1.74. The van der Waals surface area contributed by atoms with E-state index in [-0.39, 0.29) is 5.92 Å². The Labute approximate surface area is 99.6 Å². The van der Waals surface area contributed by atoms with Crippen molar-refractivity contribution in [1.82, 2.24) is 4.98 Å². The van der Waals surface area contributed by atoms with Crippen LogP contribution in [-0.4, -0.2) is 11.5 Å². The summed E-state index contributed by atoms with van der Waals surface area (Å²) in [6.45, 7) is 4.76. The molecule has 0 aliphatic carbocycles. The molecule has 0 saturated heterocycles. The number of nitrogens with zero attached hydrogens (tertiary/aromatic N) is 1. The Morgan fingerprint density at radius 2 is 2.19 bits per heavy atom. The zero-order chi connectivity index (χ0) is 11.7. The molecule has 1 atom stereocenters. The lowest BCUT2D eigenvalue weighted by molar-refractivity contribution is 0.400. The van der Waals surface area contributed by atoms with Crippen molar-refractivity contribution in [2.24, 2.45) is 11.7 Å². The number of rotatable bonds is 3. The highest BCUT2D eigenvalue weighted by Gasteiger charge is 2.20. The van der Waals surface area contributed by atoms with E-state index in [4.69, 9.17) is 21.8 Å². The van der Waals surface area contributed by atoms with Gasteiger partial charge in [0.2, 0.25) is 0 Å². The number of halogens is 1. The maximum Gasteiger partial charge on any atom is 0.200 e. The number of oxazole rings is 1. The Bertz CT molecular complexity index is 493. The molecule has 0 radical (unpaired) electrons. The van der Waals surface area contributed by atoms with Gasteiger partial charge in [-0.3, -0.25) is 0 Å². The molecule has 0 saturated carbocycles. The van der Waals surface area contributed by atoms with Gasteiger partial charge in [0, 0.05) is 11.6 Å². The van der Waals surface area contributed by atoms with Crippen LogP contribution in [0.5, 0.6) is 0 Å². The van der Waals surface area contributed by atoms with Gasteiger partial charge in [-0.05, 0) is 24.1 Å². The van der Waals surface area contributed by atoms with Gasteiger partial charge in [-0.25, -0.2) is 4.98 Å². The van der Waals surface area contributed by atoms with Gasteiger partial charge in [0.25, 0.3) is 0 Å². The number of hydrogen-bond donors (Lipinski definition) is 1. The first kappa shape index (κ1) is 11.4. The molecule has 0 amide bonds. The summed E-state index contributed by atoms with van der Waals surface area (Å²) in [6.07, 6.45) is 0. The van der Waals surface area contributed by atoms with Crippen LogP contribution in [0.4, 0.5) is 0 Å². The average molecular weight is 239 g/mol. The quantitative estimate of drug-likeness (QED) is 0.894. The van der Waals surface area contributed by atoms with Gasteiger partial charge < -0.3 is 10.2 Å². The molecule has 1 aromatic carbocycles. The van der Waals surface area contributed by atoms with Crippen LogP contribution in [0.15, 0.2) is 22.6 Å². The minimum absolute atomic E-state index is 0.158. The van der Waals surface area contributed by atoms with E-state index in [2.05, 4.69) is 18.8 Å². The first-order chi connectivity index (χ1) is 7.61. The van der Waals surface area contributed by atoms with Crippen LogP contribution >= 0.6 is 11.6 Å². The van der Waals surface area contributed by atoms with Crippen LogP contribution in [-0.2, 0) is 0 Å². The molecule has 0 bridgehead atoms. The topological polar surface area (TPSA) is 52.0 Å². The molecule has 0 fully saturated rings. The fourth-order valence-corrected chi connectivity index (χ4v) is 1.90. The standard InChI is InChI=1S/C12H15ClN2O/c1-7(2)9(6-14)12-15-10-5-8(13)3-4-11(10)16-12/h3-5,7,9H,6,14H2,1-2H3. The number of nitrogens with two attached hydrogens (primary N) is 1. The van der Waals surface area contributed by atoms with Crippen molar-refractivity contribution in [3.8, 4) is 0 Å². The third kappa shape index (κ3) is 2.06. The summed E-state index contributed by atoms with van der Waals surface area (Å²) in [7, 11) is 0. The lowest BCUT2D eigenvalue weighted by atomic mass is 9.96. The second kappa shape index (κ2) is 4.44. The first-order valence-electron chi connectivity index (χ1n) is 5.38. The molecule has 2 rings (SSSR count). The molecular weight excluding hydrogens is 224 g/mol. The summed E-state index contributed by atoms with van der Waals surface area (Å²) in [5.74, 6) is 1.27. The number of fused-ring (bicyclic) bond motifs is 1. The maximum atomic E-state index is 5.90. The molecule has 86 valence electrons. The zero-order valence-electron chi connectivity index (χ0n) is 9.40. The van der Waals surface area contributed by atoms with E-state index >= 15 is 0 Å². The van der Waals surface area contributed by atoms with Crippen LogP contribution < -0.4 is 5.73 Å². The Balaban J connectivity index is 2.45. The van der Waals surface area contributed by atoms with Crippen molar-refractivity contribution >= 4 is 22.7 Å². The minimum atomic E-state index is 0.158. The minimum Gasteiger partial charge on any atom is -0.440 e. The van der Waals surface area contributed by atoms with Gasteiger partial charge in [-0.2, -0.15) is 0 Å². The van der Waals surface area contributed by atoms with Crippen molar-refractivity contribution in [3.05, 3.63) is 29.1 Å². The molecule has 2 aromatic rings. The lowest BCUT2D eigenvalue weighted by Crippen LogP contribution is -2.17. The van der Waals surface area contributed by atoms with Crippen molar-refractivity contribution in [1.29, 1.82) is 0 Å². The molecule has 1 heterocycles. The third-order valence-corrected chi connectivity index (χ3v) is 2.98. The Kier molecular flexibility index (Phi) is 3.17. The van der Waals surface area contributed by atoms with Gasteiger partial charge in [0.15, 0.2) is 11.5 Å². The van der Waals surface area contributed by atoms with Crippen molar-refractivity contribution in [3.63, 3.8) is 0 Å². The summed E-state index contributed by atoms with van der Waals surface area (Å²) >= 11 is 5.90. The van der Waals surface area contributed by atoms with Crippen LogP contribution in [0.3, 0.4) is 0 Å². The number of aromatic nitrogens is 1. The maximum absolute atomic E-state index is 5.90. The average Bonchev–Trinajstić information content (AvgIpc) is 2.60. The first-order valence-corrected chi connectivity index (χ1v) is 5.75. The van der Waals surface area contributed by atoms with E-state index in [1.165, 1.54) is 0 Å². The normalized spacial score (nSPS) is 13.6. The van der Waals surface area contributed by atoms with Crippen LogP contribution in [0.2, 0.25) is 5.02 Å². The molecule has 0 aliphatic heterocycles. The predicted molar refractivity (Wildman–Crippen MR) is 65.7 cm³/mol. The van der Waals surface area contributed by atoms with Crippen LogP contribution in [0.1, 0.15) is 25.7 Å². The van der Waals surface area contributed by atoms with Gasteiger partial charge in [-0.15, -0.1) is 0 Å². The van der Waals surface area contributed by atoms with E-state index in [1.54, 1.807) is 12.1 Å². The summed E-state index contributed by atoms with van der Waals surface area (Å²) in [5, 5.41) is 0.668. The molecular formula is C12H15ClN2O. The Hall–Kier alpha value is -1.06. The number of benzene rings is 1. The van der Waals surface area contributed by atoms with E-state index < -0.39 is 0 Å². The SMILES string of the molecule is CC(C)C(CN)c1nc2cc(Cl)ccc2o1. The van der Waals surface area contributed by atoms with Crippen molar-refractivity contribution in [2.75, 3.05) is 6.54 Å². The third-order valence-electron chi connectivity index (χ3n) is 2.74. The number of hydrogen-bond acceptors (Lipinski definition) is 3. The van der Waals surface area contributed by atoms with Crippen molar-refractivity contribution in [2.45, 2.75) is 19.8 Å². The highest BCUT2D eigenvalue weighted by Crippen LogP contribution is 2.27. The summed E-state index contributed by atoms with van der Waals surface area (Å²) in [4.78, 5) is 4.43. The molecule has 1 aromatic heterocycles. The van der Waals surface area contributed by atoms with Crippen LogP contribution in [0.25, 0.3) is 11.1 Å². The van der Waals surface area contributed by atoms with Crippen LogP contribution in [0, 0.1) is 5.92 Å². The highest BCUT2D eigenvalue weighted by atomic mass is 35.5. The van der Waals surface area contributed by atoms with E-state index in [1.807, 2.05) is 6.07 Å². The van der Waals surface area contributed by atoms with Crippen molar-refractivity contribution < 1.29 is 4.42 Å².